The van der Waals surface area contributed by atoms with E-state index in [4.69, 9.17) is 14.2 Å². The molecule has 6 aliphatic rings. The maximum Gasteiger partial charge on any atom is 0.165 e. The summed E-state index contributed by atoms with van der Waals surface area (Å²) in [5.41, 5.74) is 2.22. The Morgan fingerprint density at radius 1 is 1.26 bits per heavy atom. The summed E-state index contributed by atoms with van der Waals surface area (Å²) in [5, 5.41) is 3.83. The highest BCUT2D eigenvalue weighted by molar-refractivity contribution is 5.81. The van der Waals surface area contributed by atoms with E-state index in [9.17, 15) is 4.79 Å². The Balaban J connectivity index is 1.69. The molecular formula is C22H27NO4. The van der Waals surface area contributed by atoms with E-state index >= 15 is 0 Å². The van der Waals surface area contributed by atoms with Crippen LogP contribution in [-0.4, -0.2) is 44.3 Å². The zero-order valence-corrected chi connectivity index (χ0v) is 16.3. The second kappa shape index (κ2) is 4.87. The molecule has 27 heavy (non-hydrogen) atoms. The number of ether oxygens (including phenoxy) is 3. The molecule has 4 bridgehead atoms. The van der Waals surface area contributed by atoms with Crippen LogP contribution in [0.25, 0.3) is 0 Å². The predicted molar refractivity (Wildman–Crippen MR) is 99.4 cm³/mol. The van der Waals surface area contributed by atoms with Crippen molar-refractivity contribution in [3.8, 4) is 11.5 Å². The monoisotopic (exact) mass is 369 g/mol. The van der Waals surface area contributed by atoms with Crippen molar-refractivity contribution in [3.05, 3.63) is 23.3 Å². The Morgan fingerprint density at radius 2 is 2.11 bits per heavy atom. The number of rotatable bonds is 3. The number of benzene rings is 1. The van der Waals surface area contributed by atoms with Gasteiger partial charge in [-0.2, -0.15) is 0 Å². The van der Waals surface area contributed by atoms with E-state index in [1.807, 2.05) is 6.07 Å². The van der Waals surface area contributed by atoms with Gasteiger partial charge in [0, 0.05) is 29.5 Å². The SMILES string of the molecule is COc1ccc2c3c1O[C@H]1[C@@]4(OC)CC[C@@]5(C[C@@H]4C(C)=O)[C@@H](C2)NCC[C@]315. The summed E-state index contributed by atoms with van der Waals surface area (Å²) in [6.07, 6.45) is 4.83. The lowest BCUT2D eigenvalue weighted by atomic mass is 9.35. The molecule has 2 spiro atoms. The van der Waals surface area contributed by atoms with Crippen molar-refractivity contribution in [2.45, 2.75) is 62.2 Å². The molecule has 1 aromatic carbocycles. The minimum Gasteiger partial charge on any atom is -0.493 e. The Bertz CT molecular complexity index is 868. The van der Waals surface area contributed by atoms with Crippen molar-refractivity contribution in [3.63, 3.8) is 0 Å². The number of piperidine rings is 1. The van der Waals surface area contributed by atoms with Gasteiger partial charge in [-0.15, -0.1) is 0 Å². The maximum absolute atomic E-state index is 12.7. The molecule has 2 heterocycles. The van der Waals surface area contributed by atoms with Gasteiger partial charge in [-0.25, -0.2) is 0 Å². The molecule has 0 amide bonds. The first-order valence-electron chi connectivity index (χ1n) is 10.2. The molecule has 1 saturated heterocycles. The van der Waals surface area contributed by atoms with Crippen molar-refractivity contribution >= 4 is 5.78 Å². The van der Waals surface area contributed by atoms with Gasteiger partial charge in [-0.3, -0.25) is 4.79 Å². The lowest BCUT2D eigenvalue weighted by molar-refractivity contribution is -0.258. The molecule has 0 aromatic heterocycles. The lowest BCUT2D eigenvalue weighted by Gasteiger charge is -2.72. The normalized spacial score (nSPS) is 45.2. The van der Waals surface area contributed by atoms with Crippen molar-refractivity contribution in [2.24, 2.45) is 11.3 Å². The van der Waals surface area contributed by atoms with Crippen LogP contribution in [0.3, 0.4) is 0 Å². The summed E-state index contributed by atoms with van der Waals surface area (Å²) in [4.78, 5) is 12.7. The van der Waals surface area contributed by atoms with Gasteiger partial charge in [0.05, 0.1) is 13.0 Å². The van der Waals surface area contributed by atoms with E-state index in [0.29, 0.717) is 6.04 Å². The maximum atomic E-state index is 12.7. The van der Waals surface area contributed by atoms with Crippen LogP contribution in [0.2, 0.25) is 0 Å². The third kappa shape index (κ3) is 1.50. The van der Waals surface area contributed by atoms with Crippen molar-refractivity contribution in [2.75, 3.05) is 20.8 Å². The fraction of sp³-hybridized carbons (Fsp3) is 0.682. The van der Waals surface area contributed by atoms with Crippen LogP contribution in [0, 0.1) is 11.3 Å². The molecule has 4 aliphatic carbocycles. The van der Waals surface area contributed by atoms with Gasteiger partial charge >= 0.3 is 0 Å². The van der Waals surface area contributed by atoms with Crippen molar-refractivity contribution < 1.29 is 19.0 Å². The Kier molecular flexibility index (Phi) is 2.95. The largest absolute Gasteiger partial charge is 0.493 e. The Morgan fingerprint density at radius 3 is 2.85 bits per heavy atom. The highest BCUT2D eigenvalue weighted by Crippen LogP contribution is 2.75. The fourth-order valence-corrected chi connectivity index (χ4v) is 7.97. The first-order chi connectivity index (χ1) is 13.0. The Labute approximate surface area is 159 Å². The first kappa shape index (κ1) is 16.4. The molecule has 1 aromatic rings. The molecule has 4 fully saturated rings. The van der Waals surface area contributed by atoms with E-state index in [0.717, 1.165) is 50.1 Å². The summed E-state index contributed by atoms with van der Waals surface area (Å²) in [7, 11) is 3.49. The summed E-state index contributed by atoms with van der Waals surface area (Å²) in [6, 6.07) is 4.67. The highest BCUT2D eigenvalue weighted by atomic mass is 16.6. The average Bonchev–Trinajstić information content (AvgIpc) is 3.03. The summed E-state index contributed by atoms with van der Waals surface area (Å²) >= 11 is 0. The lowest BCUT2D eigenvalue weighted by Crippen LogP contribution is -2.81. The number of carbonyl (C=O) groups excluding carboxylic acids is 1. The van der Waals surface area contributed by atoms with Gasteiger partial charge in [0.25, 0.3) is 0 Å². The molecule has 1 N–H and O–H groups in total. The number of fused-ring (bicyclic) bond motifs is 2. The third-order valence-electron chi connectivity index (χ3n) is 8.88. The van der Waals surface area contributed by atoms with E-state index < -0.39 is 5.60 Å². The van der Waals surface area contributed by atoms with Crippen molar-refractivity contribution in [1.29, 1.82) is 0 Å². The zero-order chi connectivity index (χ0) is 18.6. The first-order valence-corrected chi connectivity index (χ1v) is 10.2. The Hall–Kier alpha value is -1.59. The molecule has 3 saturated carbocycles. The van der Waals surface area contributed by atoms with E-state index in [-0.39, 0.29) is 28.6 Å². The summed E-state index contributed by atoms with van der Waals surface area (Å²) in [6.45, 7) is 2.72. The van der Waals surface area contributed by atoms with Crippen LogP contribution in [-0.2, 0) is 21.4 Å². The van der Waals surface area contributed by atoms with E-state index in [2.05, 4.69) is 11.4 Å². The fourth-order valence-electron chi connectivity index (χ4n) is 7.97. The minimum absolute atomic E-state index is 0.0666. The third-order valence-corrected chi connectivity index (χ3v) is 8.88. The van der Waals surface area contributed by atoms with Crippen LogP contribution < -0.4 is 14.8 Å². The number of carbonyl (C=O) groups is 1. The topological polar surface area (TPSA) is 56.8 Å². The van der Waals surface area contributed by atoms with Crippen LogP contribution >= 0.6 is 0 Å². The van der Waals surface area contributed by atoms with Crippen LogP contribution in [0.1, 0.15) is 43.7 Å². The van der Waals surface area contributed by atoms with Crippen LogP contribution in [0.4, 0.5) is 0 Å². The standard InChI is InChI=1S/C22H27NO4/c1-12(24)14-11-20-6-7-22(14,26-3)19-21(20)8-9-23-16(20)10-13-4-5-15(25-2)18(27-19)17(13)21/h4-5,14,16,19,23H,6-11H2,1-3H3/t14-,16-,19-,20-,21+,22-/m1/s1. The van der Waals surface area contributed by atoms with Gasteiger partial charge in [0.1, 0.15) is 17.5 Å². The average molecular weight is 369 g/mol. The second-order valence-electron chi connectivity index (χ2n) is 9.24. The van der Waals surface area contributed by atoms with E-state index in [1.54, 1.807) is 21.1 Å². The smallest absolute Gasteiger partial charge is 0.165 e. The van der Waals surface area contributed by atoms with Gasteiger partial charge in [0.15, 0.2) is 11.5 Å². The highest BCUT2D eigenvalue weighted by Gasteiger charge is 2.80. The number of Topliss-reactive ketones (excluding diaryl/α,β-unsaturated/α-hetero) is 1. The predicted octanol–water partition coefficient (Wildman–Crippen LogP) is 2.39. The molecule has 2 aliphatic heterocycles. The number of hydrogen-bond acceptors (Lipinski definition) is 5. The summed E-state index contributed by atoms with van der Waals surface area (Å²) < 4.78 is 18.7. The van der Waals surface area contributed by atoms with Gasteiger partial charge in [-0.1, -0.05) is 6.07 Å². The molecule has 7 rings (SSSR count). The van der Waals surface area contributed by atoms with Crippen LogP contribution in [0.5, 0.6) is 11.5 Å². The molecule has 5 heteroatoms. The van der Waals surface area contributed by atoms with Gasteiger partial charge in [-0.05, 0) is 57.2 Å². The molecule has 6 atom stereocenters. The summed E-state index contributed by atoms with van der Waals surface area (Å²) in [5.74, 6) is 1.87. The molecule has 144 valence electrons. The molecular weight excluding hydrogens is 342 g/mol. The number of hydrogen-bond donors (Lipinski definition) is 1. The number of ketones is 1. The number of methoxy groups -OCH3 is 2. The van der Waals surface area contributed by atoms with E-state index in [1.165, 1.54) is 11.1 Å². The zero-order valence-electron chi connectivity index (χ0n) is 16.3. The minimum atomic E-state index is -0.534. The van der Waals surface area contributed by atoms with Gasteiger partial charge in [0.2, 0.25) is 0 Å². The van der Waals surface area contributed by atoms with Crippen molar-refractivity contribution in [1.82, 2.24) is 5.32 Å². The molecule has 5 nitrogen and oxygen atoms in total. The molecule has 0 radical (unpaired) electrons. The molecule has 0 unspecified atom stereocenters. The van der Waals surface area contributed by atoms with Gasteiger partial charge < -0.3 is 19.5 Å². The van der Waals surface area contributed by atoms with Crippen LogP contribution in [0.15, 0.2) is 12.1 Å². The quantitative estimate of drug-likeness (QED) is 0.887. The number of nitrogens with one attached hydrogen (secondary N) is 1. The second-order valence-corrected chi connectivity index (χ2v) is 9.24.